The predicted molar refractivity (Wildman–Crippen MR) is 124 cm³/mol. The molecule has 1 aromatic heterocycles. The summed E-state index contributed by atoms with van der Waals surface area (Å²) >= 11 is 6.17. The van der Waals surface area contributed by atoms with Crippen LogP contribution in [-0.4, -0.2) is 47.6 Å². The molecule has 2 aromatic carbocycles. The lowest BCUT2D eigenvalue weighted by Crippen LogP contribution is -2.39. The van der Waals surface area contributed by atoms with Gasteiger partial charge in [-0.1, -0.05) is 59.2 Å². The Balaban J connectivity index is 1.34. The summed E-state index contributed by atoms with van der Waals surface area (Å²) in [4.78, 5) is 7.87. The highest BCUT2D eigenvalue weighted by atomic mass is 35.5. The molecule has 0 radical (unpaired) electrons. The molecule has 1 aliphatic heterocycles. The quantitative estimate of drug-likeness (QED) is 0.462. The van der Waals surface area contributed by atoms with Gasteiger partial charge in [0.25, 0.3) is 0 Å². The topological polar surface area (TPSA) is 67.4 Å². The highest BCUT2D eigenvalue weighted by Gasteiger charge is 2.25. The minimum Gasteiger partial charge on any atom is -0.467 e. The van der Waals surface area contributed by atoms with Gasteiger partial charge in [-0.15, -0.1) is 0 Å². The maximum Gasteiger partial charge on any atom is 0.145 e. The summed E-state index contributed by atoms with van der Waals surface area (Å²) in [5.74, 6) is 0.734. The molecule has 4 rings (SSSR count). The molecule has 7 heteroatoms. The molecule has 0 amide bonds. The van der Waals surface area contributed by atoms with E-state index in [1.165, 1.54) is 0 Å². The number of hydrogen-bond donors (Lipinski definition) is 1. The van der Waals surface area contributed by atoms with Gasteiger partial charge < -0.3 is 19.1 Å². The Morgan fingerprint density at radius 1 is 1.12 bits per heavy atom. The molecule has 0 unspecified atom stereocenters. The van der Waals surface area contributed by atoms with Crippen LogP contribution < -0.4 is 0 Å². The third-order valence-electron chi connectivity index (χ3n) is 5.20. The Bertz CT molecular complexity index is 994. The molecule has 2 atom stereocenters. The summed E-state index contributed by atoms with van der Waals surface area (Å²) in [5, 5.41) is 15.6. The van der Waals surface area contributed by atoms with Crippen molar-refractivity contribution in [2.45, 2.75) is 31.8 Å². The molecular formula is C25H27ClN2O4. The molecular weight excluding hydrogens is 428 g/mol. The fraction of sp³-hybridized carbons (Fsp3) is 0.320. The second-order valence-electron chi connectivity index (χ2n) is 7.91. The van der Waals surface area contributed by atoms with E-state index in [0.29, 0.717) is 31.3 Å². The number of hydrogen-bond acceptors (Lipinski definition) is 6. The van der Waals surface area contributed by atoms with E-state index in [2.05, 4.69) is 10.1 Å². The molecule has 32 heavy (non-hydrogen) atoms. The van der Waals surface area contributed by atoms with Gasteiger partial charge in [0.2, 0.25) is 0 Å². The van der Waals surface area contributed by atoms with Crippen LogP contribution in [0.5, 0.6) is 0 Å². The second kappa shape index (κ2) is 11.3. The van der Waals surface area contributed by atoms with E-state index in [0.717, 1.165) is 29.0 Å². The van der Waals surface area contributed by atoms with Crippen molar-refractivity contribution in [2.75, 3.05) is 19.7 Å². The van der Waals surface area contributed by atoms with Gasteiger partial charge in [-0.25, -0.2) is 0 Å². The fourth-order valence-corrected chi connectivity index (χ4v) is 3.97. The molecule has 1 aliphatic rings. The van der Waals surface area contributed by atoms with Gasteiger partial charge in [0.15, 0.2) is 0 Å². The monoisotopic (exact) mass is 454 g/mol. The molecule has 0 aliphatic carbocycles. The number of rotatable bonds is 11. The first-order valence-electron chi connectivity index (χ1n) is 10.7. The second-order valence-corrected chi connectivity index (χ2v) is 8.34. The van der Waals surface area contributed by atoms with Crippen LogP contribution in [0.4, 0.5) is 0 Å². The zero-order chi connectivity index (χ0) is 22.2. The van der Waals surface area contributed by atoms with Crippen molar-refractivity contribution >= 4 is 17.3 Å². The summed E-state index contributed by atoms with van der Waals surface area (Å²) in [6.07, 6.45) is 1.59. The SMILES string of the molecule is O[C@@H](COCc1ccco1)CN(Cc1cccc(Cl)c1)C[C@@H]1CC(c2ccccc2)=NO1. The van der Waals surface area contributed by atoms with Gasteiger partial charge in [-0.05, 0) is 35.4 Å². The molecule has 0 spiro atoms. The molecule has 3 aromatic rings. The first-order valence-corrected chi connectivity index (χ1v) is 11.1. The minimum absolute atomic E-state index is 0.0828. The number of halogens is 1. The van der Waals surface area contributed by atoms with Crippen LogP contribution in [0.3, 0.4) is 0 Å². The normalized spacial score (nSPS) is 16.7. The Hall–Kier alpha value is -2.64. The fourth-order valence-electron chi connectivity index (χ4n) is 3.75. The van der Waals surface area contributed by atoms with E-state index >= 15 is 0 Å². The highest BCUT2D eigenvalue weighted by Crippen LogP contribution is 2.19. The van der Waals surface area contributed by atoms with Crippen molar-refractivity contribution in [2.24, 2.45) is 5.16 Å². The average molecular weight is 455 g/mol. The van der Waals surface area contributed by atoms with Crippen LogP contribution in [-0.2, 0) is 22.7 Å². The van der Waals surface area contributed by atoms with Gasteiger partial charge in [0, 0.05) is 31.1 Å². The molecule has 1 N–H and O–H groups in total. The molecule has 6 nitrogen and oxygen atoms in total. The van der Waals surface area contributed by atoms with Crippen LogP contribution >= 0.6 is 11.6 Å². The summed E-state index contributed by atoms with van der Waals surface area (Å²) < 4.78 is 10.9. The lowest BCUT2D eigenvalue weighted by atomic mass is 10.0. The lowest BCUT2D eigenvalue weighted by Gasteiger charge is -2.27. The largest absolute Gasteiger partial charge is 0.467 e. The number of aliphatic hydroxyl groups excluding tert-OH is 1. The average Bonchev–Trinajstić information content (AvgIpc) is 3.47. The predicted octanol–water partition coefficient (Wildman–Crippen LogP) is 4.51. The van der Waals surface area contributed by atoms with E-state index in [9.17, 15) is 5.11 Å². The van der Waals surface area contributed by atoms with Gasteiger partial charge in [0.1, 0.15) is 18.5 Å². The van der Waals surface area contributed by atoms with E-state index in [1.807, 2.05) is 66.7 Å². The smallest absolute Gasteiger partial charge is 0.145 e. The number of oxime groups is 1. The number of nitrogens with zero attached hydrogens (tertiary/aromatic N) is 2. The third-order valence-corrected chi connectivity index (χ3v) is 5.44. The number of furan rings is 1. The van der Waals surface area contributed by atoms with Crippen LogP contribution in [0.2, 0.25) is 5.02 Å². The lowest BCUT2D eigenvalue weighted by molar-refractivity contribution is -0.00955. The molecule has 0 saturated heterocycles. The van der Waals surface area contributed by atoms with Crippen LogP contribution in [0.15, 0.2) is 82.6 Å². The van der Waals surface area contributed by atoms with Crippen molar-refractivity contribution in [3.05, 3.63) is 94.9 Å². The molecule has 168 valence electrons. The number of benzene rings is 2. The number of ether oxygens (including phenoxy) is 1. The van der Waals surface area contributed by atoms with Crippen molar-refractivity contribution in [1.29, 1.82) is 0 Å². The Morgan fingerprint density at radius 2 is 2.00 bits per heavy atom. The minimum atomic E-state index is -0.653. The summed E-state index contributed by atoms with van der Waals surface area (Å²) in [6, 6.07) is 21.5. The van der Waals surface area contributed by atoms with E-state index in [-0.39, 0.29) is 12.7 Å². The number of aliphatic hydroxyl groups is 1. The van der Waals surface area contributed by atoms with Crippen molar-refractivity contribution in [3.63, 3.8) is 0 Å². The van der Waals surface area contributed by atoms with Crippen molar-refractivity contribution in [1.82, 2.24) is 4.90 Å². The maximum atomic E-state index is 10.6. The van der Waals surface area contributed by atoms with Crippen LogP contribution in [0, 0.1) is 0 Å². The van der Waals surface area contributed by atoms with Gasteiger partial charge >= 0.3 is 0 Å². The first kappa shape index (κ1) is 22.6. The maximum absolute atomic E-state index is 10.6. The first-order chi connectivity index (χ1) is 15.7. The summed E-state index contributed by atoms with van der Waals surface area (Å²) in [6.45, 7) is 2.24. The zero-order valence-corrected chi connectivity index (χ0v) is 18.5. The van der Waals surface area contributed by atoms with E-state index < -0.39 is 6.10 Å². The summed E-state index contributed by atoms with van der Waals surface area (Å²) in [5.41, 5.74) is 3.09. The van der Waals surface area contributed by atoms with Gasteiger partial charge in [-0.3, -0.25) is 4.90 Å². The van der Waals surface area contributed by atoms with Gasteiger partial charge in [-0.2, -0.15) is 0 Å². The Morgan fingerprint density at radius 3 is 2.78 bits per heavy atom. The third kappa shape index (κ3) is 6.68. The Kier molecular flexibility index (Phi) is 7.96. The van der Waals surface area contributed by atoms with Crippen LogP contribution in [0.1, 0.15) is 23.3 Å². The van der Waals surface area contributed by atoms with E-state index in [4.69, 9.17) is 25.6 Å². The standard InChI is InChI=1S/C25H27ClN2O4/c26-21-9-4-6-19(12-21)14-28(15-22(29)17-30-18-23-10-5-11-31-23)16-24-13-25(27-32-24)20-7-2-1-3-8-20/h1-12,22,24,29H,13-18H2/t22-,24+/m1/s1. The molecule has 0 bridgehead atoms. The highest BCUT2D eigenvalue weighted by molar-refractivity contribution is 6.30. The van der Waals surface area contributed by atoms with Crippen molar-refractivity contribution < 1.29 is 19.1 Å². The van der Waals surface area contributed by atoms with Gasteiger partial charge in [0.05, 0.1) is 24.7 Å². The van der Waals surface area contributed by atoms with Crippen molar-refractivity contribution in [3.8, 4) is 0 Å². The summed E-state index contributed by atoms with van der Waals surface area (Å²) in [7, 11) is 0. The molecule has 2 heterocycles. The Labute approximate surface area is 193 Å². The van der Waals surface area contributed by atoms with E-state index in [1.54, 1.807) is 6.26 Å². The molecule has 0 fully saturated rings. The molecule has 0 saturated carbocycles. The zero-order valence-electron chi connectivity index (χ0n) is 17.8. The van der Waals surface area contributed by atoms with Crippen LogP contribution in [0.25, 0.3) is 0 Å².